The van der Waals surface area contributed by atoms with Crippen molar-refractivity contribution in [2.45, 2.75) is 19.5 Å². The van der Waals surface area contributed by atoms with Gasteiger partial charge in [-0.15, -0.1) is 0 Å². The Morgan fingerprint density at radius 3 is 2.74 bits per heavy atom. The fraction of sp³-hybridized carbons (Fsp3) is 0.143. The van der Waals surface area contributed by atoms with E-state index in [1.165, 1.54) is 5.56 Å². The minimum absolute atomic E-state index is 0.0603. The third kappa shape index (κ3) is 2.66. The van der Waals surface area contributed by atoms with Crippen molar-refractivity contribution in [2.75, 3.05) is 4.90 Å². The van der Waals surface area contributed by atoms with Gasteiger partial charge in [0.05, 0.1) is 12.1 Å². The van der Waals surface area contributed by atoms with E-state index in [4.69, 9.17) is 0 Å². The quantitative estimate of drug-likeness (QED) is 0.561. The number of rotatable bonds is 3. The molecule has 27 heavy (non-hydrogen) atoms. The Kier molecular flexibility index (Phi) is 3.67. The first kappa shape index (κ1) is 15.7. The van der Waals surface area contributed by atoms with E-state index >= 15 is 0 Å². The molecule has 0 bridgehead atoms. The van der Waals surface area contributed by atoms with Crippen LogP contribution in [0.4, 0.5) is 5.95 Å². The molecule has 0 fully saturated rings. The number of nitrogens with zero attached hydrogens (tertiary/aromatic N) is 6. The van der Waals surface area contributed by atoms with Crippen LogP contribution < -0.4 is 4.90 Å². The lowest BCUT2D eigenvalue weighted by Gasteiger charge is -2.31. The second-order valence-corrected chi connectivity index (χ2v) is 6.67. The molecule has 1 atom stereocenters. The summed E-state index contributed by atoms with van der Waals surface area (Å²) in [5, 5.41) is 13.7. The number of allylic oxidation sites excluding steroid dienone is 2. The summed E-state index contributed by atoms with van der Waals surface area (Å²) in [6, 6.07) is 20.5. The van der Waals surface area contributed by atoms with Crippen molar-refractivity contribution >= 4 is 16.9 Å². The van der Waals surface area contributed by atoms with Crippen LogP contribution in [-0.4, -0.2) is 25.2 Å². The number of fused-ring (bicyclic) bond motifs is 2. The van der Waals surface area contributed by atoms with E-state index in [2.05, 4.69) is 62.7 Å². The molecule has 1 aliphatic heterocycles. The highest BCUT2D eigenvalue weighted by Crippen LogP contribution is 2.35. The molecule has 0 radical (unpaired) electrons. The van der Waals surface area contributed by atoms with E-state index in [0.29, 0.717) is 0 Å². The smallest absolute Gasteiger partial charge is 0.250 e. The average molecular weight is 354 g/mol. The van der Waals surface area contributed by atoms with Crippen molar-refractivity contribution in [3.63, 3.8) is 0 Å². The highest BCUT2D eigenvalue weighted by molar-refractivity contribution is 5.83. The predicted molar refractivity (Wildman–Crippen MR) is 104 cm³/mol. The molecule has 2 aromatic carbocycles. The van der Waals surface area contributed by atoms with Crippen LogP contribution in [0.3, 0.4) is 0 Å². The van der Waals surface area contributed by atoms with Gasteiger partial charge in [-0.25, -0.2) is 0 Å². The van der Waals surface area contributed by atoms with Crippen LogP contribution in [0.15, 0.2) is 78.6 Å². The molecule has 0 amide bonds. The average Bonchev–Trinajstić information content (AvgIpc) is 3.20. The van der Waals surface area contributed by atoms with Crippen molar-refractivity contribution in [1.82, 2.24) is 25.2 Å². The normalized spacial score (nSPS) is 16.3. The van der Waals surface area contributed by atoms with Gasteiger partial charge in [-0.1, -0.05) is 53.6 Å². The summed E-state index contributed by atoms with van der Waals surface area (Å²) < 4.78 is 1.89. The maximum absolute atomic E-state index is 4.48. The Labute approximate surface area is 156 Å². The van der Waals surface area contributed by atoms with Crippen molar-refractivity contribution in [3.05, 3.63) is 89.8 Å². The maximum atomic E-state index is 4.48. The molecular formula is C21H18N6. The van der Waals surface area contributed by atoms with Gasteiger partial charge in [-0.05, 0) is 46.7 Å². The predicted octanol–water partition coefficient (Wildman–Crippen LogP) is 3.73. The summed E-state index contributed by atoms with van der Waals surface area (Å²) in [5.74, 6) is 0.754. The zero-order valence-corrected chi connectivity index (χ0v) is 14.9. The number of anilines is 1. The summed E-state index contributed by atoms with van der Waals surface area (Å²) >= 11 is 0. The molecular weight excluding hydrogens is 336 g/mol. The Hall–Kier alpha value is -3.54. The zero-order chi connectivity index (χ0) is 18.2. The van der Waals surface area contributed by atoms with Crippen molar-refractivity contribution in [2.24, 2.45) is 0 Å². The maximum Gasteiger partial charge on any atom is 0.250 e. The molecule has 0 saturated heterocycles. The Bertz CT molecular complexity index is 1130. The summed E-state index contributed by atoms with van der Waals surface area (Å²) in [6.45, 7) is 2.84. The minimum atomic E-state index is -0.0603. The van der Waals surface area contributed by atoms with E-state index in [-0.39, 0.29) is 6.04 Å². The standard InChI is InChI=1S/C21H18N6/c1-15-13-20(18-9-5-11-19-17(18)10-6-12-22-19)27-21(23-24-25-27)26(15)14-16-7-3-2-4-8-16/h2-13,20H,14H2,1H3. The van der Waals surface area contributed by atoms with Gasteiger partial charge in [-0.2, -0.15) is 4.68 Å². The zero-order valence-electron chi connectivity index (χ0n) is 14.9. The van der Waals surface area contributed by atoms with Crippen LogP contribution in [0.5, 0.6) is 0 Å². The van der Waals surface area contributed by atoms with Crippen LogP contribution in [0.2, 0.25) is 0 Å². The number of hydrogen-bond donors (Lipinski definition) is 0. The summed E-state index contributed by atoms with van der Waals surface area (Å²) in [7, 11) is 0. The summed E-state index contributed by atoms with van der Waals surface area (Å²) in [4.78, 5) is 6.63. The number of hydrogen-bond acceptors (Lipinski definition) is 5. The lowest BCUT2D eigenvalue weighted by atomic mass is 9.99. The highest BCUT2D eigenvalue weighted by atomic mass is 15.6. The molecule has 0 aliphatic carbocycles. The van der Waals surface area contributed by atoms with E-state index in [0.717, 1.165) is 34.7 Å². The van der Waals surface area contributed by atoms with Crippen molar-refractivity contribution in [3.8, 4) is 0 Å². The minimum Gasteiger partial charge on any atom is -0.309 e. The molecule has 2 aromatic heterocycles. The van der Waals surface area contributed by atoms with Gasteiger partial charge in [0.1, 0.15) is 6.04 Å². The largest absolute Gasteiger partial charge is 0.309 e. The Balaban J connectivity index is 1.60. The molecule has 0 N–H and O–H groups in total. The van der Waals surface area contributed by atoms with Gasteiger partial charge in [0.25, 0.3) is 5.95 Å². The van der Waals surface area contributed by atoms with Gasteiger partial charge in [0.15, 0.2) is 0 Å². The molecule has 1 aliphatic rings. The molecule has 132 valence electrons. The second-order valence-electron chi connectivity index (χ2n) is 6.67. The molecule has 6 heteroatoms. The van der Waals surface area contributed by atoms with E-state index in [1.807, 2.05) is 47.3 Å². The number of aromatic nitrogens is 5. The highest BCUT2D eigenvalue weighted by Gasteiger charge is 2.29. The number of tetrazole rings is 1. The monoisotopic (exact) mass is 354 g/mol. The van der Waals surface area contributed by atoms with Gasteiger partial charge < -0.3 is 4.90 Å². The fourth-order valence-corrected chi connectivity index (χ4v) is 3.66. The molecule has 0 spiro atoms. The van der Waals surface area contributed by atoms with Crippen LogP contribution in [0.1, 0.15) is 24.1 Å². The third-order valence-electron chi connectivity index (χ3n) is 4.99. The van der Waals surface area contributed by atoms with Crippen LogP contribution in [-0.2, 0) is 6.54 Å². The fourth-order valence-electron chi connectivity index (χ4n) is 3.66. The van der Waals surface area contributed by atoms with Gasteiger partial charge in [-0.3, -0.25) is 4.98 Å². The van der Waals surface area contributed by atoms with Gasteiger partial charge >= 0.3 is 0 Å². The van der Waals surface area contributed by atoms with E-state index < -0.39 is 0 Å². The van der Waals surface area contributed by atoms with Gasteiger partial charge in [0.2, 0.25) is 0 Å². The summed E-state index contributed by atoms with van der Waals surface area (Å²) in [5.41, 5.74) is 4.47. The molecule has 1 unspecified atom stereocenters. The number of benzene rings is 2. The first-order chi connectivity index (χ1) is 13.3. The Morgan fingerprint density at radius 1 is 0.963 bits per heavy atom. The number of pyridine rings is 1. The molecule has 0 saturated carbocycles. The second kappa shape index (κ2) is 6.32. The van der Waals surface area contributed by atoms with Gasteiger partial charge in [0, 0.05) is 17.3 Å². The Morgan fingerprint density at radius 2 is 1.85 bits per heavy atom. The van der Waals surface area contributed by atoms with Crippen LogP contribution >= 0.6 is 0 Å². The van der Waals surface area contributed by atoms with E-state index in [9.17, 15) is 0 Å². The molecule has 6 nitrogen and oxygen atoms in total. The van der Waals surface area contributed by atoms with Crippen molar-refractivity contribution < 1.29 is 0 Å². The lowest BCUT2D eigenvalue weighted by molar-refractivity contribution is 0.561. The van der Waals surface area contributed by atoms with Crippen LogP contribution in [0, 0.1) is 0 Å². The first-order valence-electron chi connectivity index (χ1n) is 8.92. The first-order valence-corrected chi connectivity index (χ1v) is 8.92. The summed E-state index contributed by atoms with van der Waals surface area (Å²) in [6.07, 6.45) is 4.03. The SMILES string of the molecule is CC1=CC(c2cccc3ncccc23)n2nnnc2N1Cc1ccccc1. The topological polar surface area (TPSA) is 59.7 Å². The third-order valence-corrected chi connectivity index (χ3v) is 4.99. The molecule has 3 heterocycles. The van der Waals surface area contributed by atoms with E-state index in [1.54, 1.807) is 0 Å². The lowest BCUT2D eigenvalue weighted by Crippen LogP contribution is -2.30. The van der Waals surface area contributed by atoms with Crippen LogP contribution in [0.25, 0.3) is 10.9 Å². The van der Waals surface area contributed by atoms with Crippen molar-refractivity contribution in [1.29, 1.82) is 0 Å². The molecule has 5 rings (SSSR count). The molecule has 4 aromatic rings.